The van der Waals surface area contributed by atoms with Crippen LogP contribution < -0.4 is 10.6 Å². The summed E-state index contributed by atoms with van der Waals surface area (Å²) in [6, 6.07) is 13.8. The summed E-state index contributed by atoms with van der Waals surface area (Å²) in [5, 5.41) is 14.8. The number of hydrogen-bond donors (Lipinski definition) is 3. The van der Waals surface area contributed by atoms with Crippen LogP contribution in [-0.2, 0) is 9.59 Å². The minimum absolute atomic E-state index is 0.0818. The second kappa shape index (κ2) is 9.10. The second-order valence-electron chi connectivity index (χ2n) is 5.52. The molecule has 0 atom stereocenters. The van der Waals surface area contributed by atoms with Gasteiger partial charge in [0.05, 0.1) is 18.8 Å². The number of benzene rings is 2. The molecule has 2 rings (SSSR count). The first-order chi connectivity index (χ1) is 12.0. The molecule has 2 aromatic rings. The van der Waals surface area contributed by atoms with Crippen molar-refractivity contribution in [2.75, 3.05) is 37.0 Å². The average molecular weight is 359 g/mol. The first-order valence-corrected chi connectivity index (χ1v) is 8.90. The molecular weight excluding hydrogens is 338 g/mol. The van der Waals surface area contributed by atoms with Gasteiger partial charge < -0.3 is 15.7 Å². The Labute approximate surface area is 151 Å². The van der Waals surface area contributed by atoms with Crippen molar-refractivity contribution < 1.29 is 14.7 Å². The summed E-state index contributed by atoms with van der Waals surface area (Å²) >= 11 is 1.56. The molecule has 0 aromatic heterocycles. The Balaban J connectivity index is 1.82. The van der Waals surface area contributed by atoms with Crippen LogP contribution in [-0.4, -0.2) is 48.2 Å². The van der Waals surface area contributed by atoms with Crippen LogP contribution in [0.15, 0.2) is 53.4 Å². The van der Waals surface area contributed by atoms with Crippen molar-refractivity contribution in [3.05, 3.63) is 48.5 Å². The third-order valence-corrected chi connectivity index (χ3v) is 4.15. The van der Waals surface area contributed by atoms with Gasteiger partial charge >= 0.3 is 0 Å². The van der Waals surface area contributed by atoms with Gasteiger partial charge in [0, 0.05) is 10.6 Å². The Morgan fingerprint density at radius 1 is 1.00 bits per heavy atom. The van der Waals surface area contributed by atoms with Crippen LogP contribution in [0.3, 0.4) is 0 Å². The van der Waals surface area contributed by atoms with Crippen LogP contribution in [0, 0.1) is 0 Å². The van der Waals surface area contributed by atoms with E-state index in [0.29, 0.717) is 5.69 Å². The molecule has 2 aromatic carbocycles. The predicted molar refractivity (Wildman–Crippen MR) is 101 cm³/mol. The maximum atomic E-state index is 12.1. The minimum Gasteiger partial charge on any atom is -0.508 e. The summed E-state index contributed by atoms with van der Waals surface area (Å²) < 4.78 is 0. The summed E-state index contributed by atoms with van der Waals surface area (Å²) in [4.78, 5) is 26.8. The van der Waals surface area contributed by atoms with Crippen LogP contribution >= 0.6 is 11.8 Å². The predicted octanol–water partition coefficient (Wildman–Crippen LogP) is 2.62. The number of hydrogen-bond acceptors (Lipinski definition) is 5. The zero-order valence-electron chi connectivity index (χ0n) is 14.2. The van der Waals surface area contributed by atoms with E-state index in [1.807, 2.05) is 30.5 Å². The number of para-hydroxylation sites is 1. The normalized spacial score (nSPS) is 10.5. The van der Waals surface area contributed by atoms with Crippen molar-refractivity contribution >= 4 is 35.0 Å². The highest BCUT2D eigenvalue weighted by molar-refractivity contribution is 7.98. The molecular formula is C18H21N3O3S. The molecule has 0 saturated heterocycles. The van der Waals surface area contributed by atoms with Crippen LogP contribution in [0.4, 0.5) is 11.4 Å². The number of nitrogens with one attached hydrogen (secondary N) is 2. The summed E-state index contributed by atoms with van der Waals surface area (Å²) in [5.41, 5.74) is 1.36. The maximum Gasteiger partial charge on any atom is 0.238 e. The molecule has 25 heavy (non-hydrogen) atoms. The third kappa shape index (κ3) is 6.13. The molecule has 7 heteroatoms. The molecule has 0 radical (unpaired) electrons. The van der Waals surface area contributed by atoms with Gasteiger partial charge in [-0.2, -0.15) is 0 Å². The number of aromatic hydroxyl groups is 1. The smallest absolute Gasteiger partial charge is 0.238 e. The molecule has 6 nitrogen and oxygen atoms in total. The van der Waals surface area contributed by atoms with Crippen LogP contribution in [0.1, 0.15) is 0 Å². The molecule has 0 unspecified atom stereocenters. The van der Waals surface area contributed by atoms with Crippen molar-refractivity contribution in [3.63, 3.8) is 0 Å². The molecule has 3 N–H and O–H groups in total. The zero-order chi connectivity index (χ0) is 18.2. The van der Waals surface area contributed by atoms with Crippen molar-refractivity contribution in [1.29, 1.82) is 0 Å². The van der Waals surface area contributed by atoms with Gasteiger partial charge in [0.25, 0.3) is 0 Å². The lowest BCUT2D eigenvalue weighted by atomic mass is 10.3. The number of phenolic OH excluding ortho intramolecular Hbond substituents is 1. The Morgan fingerprint density at radius 2 is 1.60 bits per heavy atom. The van der Waals surface area contributed by atoms with E-state index in [4.69, 9.17) is 0 Å². The summed E-state index contributed by atoms with van der Waals surface area (Å²) in [5.74, 6) is -0.274. The summed E-state index contributed by atoms with van der Waals surface area (Å²) in [6.07, 6.45) is 1.95. The fourth-order valence-electron chi connectivity index (χ4n) is 2.23. The highest BCUT2D eigenvalue weighted by Gasteiger charge is 2.12. The zero-order valence-corrected chi connectivity index (χ0v) is 15.0. The van der Waals surface area contributed by atoms with E-state index in [1.54, 1.807) is 35.8 Å². The van der Waals surface area contributed by atoms with E-state index in [9.17, 15) is 14.7 Å². The highest BCUT2D eigenvalue weighted by atomic mass is 32.2. The molecule has 0 aliphatic heterocycles. The quantitative estimate of drug-likeness (QED) is 0.523. The van der Waals surface area contributed by atoms with E-state index in [0.717, 1.165) is 10.6 Å². The van der Waals surface area contributed by atoms with Crippen molar-refractivity contribution in [2.45, 2.75) is 4.90 Å². The topological polar surface area (TPSA) is 81.7 Å². The largest absolute Gasteiger partial charge is 0.508 e. The minimum atomic E-state index is -0.231. The molecule has 0 bridgehead atoms. The van der Waals surface area contributed by atoms with Crippen molar-refractivity contribution in [2.24, 2.45) is 0 Å². The van der Waals surface area contributed by atoms with E-state index < -0.39 is 0 Å². The fourth-order valence-corrected chi connectivity index (χ4v) is 2.78. The highest BCUT2D eigenvalue weighted by Crippen LogP contribution is 2.24. The molecule has 2 amide bonds. The number of carbonyl (C=O) groups is 2. The van der Waals surface area contributed by atoms with Crippen LogP contribution in [0.5, 0.6) is 5.75 Å². The number of anilines is 2. The van der Waals surface area contributed by atoms with Gasteiger partial charge in [0.1, 0.15) is 5.75 Å². The molecule has 0 spiro atoms. The third-order valence-electron chi connectivity index (χ3n) is 3.36. The van der Waals surface area contributed by atoms with Gasteiger partial charge in [-0.15, -0.1) is 11.8 Å². The van der Waals surface area contributed by atoms with E-state index in [1.165, 1.54) is 12.1 Å². The molecule has 0 heterocycles. The number of carbonyl (C=O) groups excluding carboxylic acids is 2. The lowest BCUT2D eigenvalue weighted by Gasteiger charge is -2.16. The van der Waals surface area contributed by atoms with Crippen LogP contribution in [0.2, 0.25) is 0 Å². The molecule has 0 fully saturated rings. The van der Waals surface area contributed by atoms with Crippen LogP contribution in [0.25, 0.3) is 0 Å². The van der Waals surface area contributed by atoms with Gasteiger partial charge in [-0.1, -0.05) is 12.1 Å². The Morgan fingerprint density at radius 3 is 2.24 bits per heavy atom. The summed E-state index contributed by atoms with van der Waals surface area (Å²) in [6.45, 7) is 0.185. The molecule has 132 valence electrons. The first-order valence-electron chi connectivity index (χ1n) is 7.68. The van der Waals surface area contributed by atoms with E-state index in [-0.39, 0.29) is 30.7 Å². The standard InChI is InChI=1S/C18H21N3O3S/c1-21(11-17(23)19-13-7-9-14(22)10-8-13)12-18(24)20-15-5-3-4-6-16(15)25-2/h3-10,22H,11-12H2,1-2H3,(H,19,23)(H,20,24). The Bertz CT molecular complexity index is 735. The molecule has 0 saturated carbocycles. The fraction of sp³-hybridized carbons (Fsp3) is 0.222. The monoisotopic (exact) mass is 359 g/mol. The Hall–Kier alpha value is -2.51. The lowest BCUT2D eigenvalue weighted by molar-refractivity contribution is -0.119. The number of likely N-dealkylation sites (N-methyl/N-ethyl adjacent to an activating group) is 1. The van der Waals surface area contributed by atoms with Crippen molar-refractivity contribution in [1.82, 2.24) is 4.90 Å². The molecule has 0 aliphatic rings. The van der Waals surface area contributed by atoms with Gasteiger partial charge in [-0.25, -0.2) is 0 Å². The van der Waals surface area contributed by atoms with E-state index >= 15 is 0 Å². The first kappa shape index (κ1) is 18.8. The van der Waals surface area contributed by atoms with E-state index in [2.05, 4.69) is 10.6 Å². The second-order valence-corrected chi connectivity index (χ2v) is 6.36. The van der Waals surface area contributed by atoms with Gasteiger partial charge in [0.2, 0.25) is 11.8 Å². The van der Waals surface area contributed by atoms with Gasteiger partial charge in [-0.05, 0) is 49.7 Å². The number of nitrogens with zero attached hydrogens (tertiary/aromatic N) is 1. The number of amides is 2. The van der Waals surface area contributed by atoms with Gasteiger partial charge in [-0.3, -0.25) is 14.5 Å². The summed E-state index contributed by atoms with van der Waals surface area (Å²) in [7, 11) is 1.70. The lowest BCUT2D eigenvalue weighted by Crippen LogP contribution is -2.36. The Kier molecular flexibility index (Phi) is 6.85. The number of rotatable bonds is 7. The SMILES string of the molecule is CSc1ccccc1NC(=O)CN(C)CC(=O)Nc1ccc(O)cc1. The number of phenols is 1. The van der Waals surface area contributed by atoms with Gasteiger partial charge in [0.15, 0.2) is 0 Å². The van der Waals surface area contributed by atoms with Crippen molar-refractivity contribution in [3.8, 4) is 5.75 Å². The maximum absolute atomic E-state index is 12.1. The molecule has 0 aliphatic carbocycles. The number of thioether (sulfide) groups is 1. The average Bonchev–Trinajstić information content (AvgIpc) is 2.57.